The summed E-state index contributed by atoms with van der Waals surface area (Å²) in [5.41, 5.74) is 0. The number of rotatable bonds is 5. The summed E-state index contributed by atoms with van der Waals surface area (Å²) < 4.78 is 40.8. The van der Waals surface area contributed by atoms with Gasteiger partial charge >= 0.3 is 12.3 Å². The zero-order valence-corrected chi connectivity index (χ0v) is 9.25. The quantitative estimate of drug-likeness (QED) is 0.798. The summed E-state index contributed by atoms with van der Waals surface area (Å²) in [6.07, 6.45) is -5.55. The molecule has 96 valence electrons. The maximum atomic E-state index is 12.1. The zero-order valence-electron chi connectivity index (χ0n) is 9.25. The standard InChI is InChI=1S/C9H16F3NO3/c1-7(2)5-16-8(15)13(3-4-14)6-9(10,11)12/h7,14H,3-6H2,1-2H3. The van der Waals surface area contributed by atoms with Crippen LogP contribution in [-0.2, 0) is 4.74 Å². The molecule has 0 aromatic heterocycles. The Balaban J connectivity index is 4.24. The number of hydrogen-bond donors (Lipinski definition) is 1. The summed E-state index contributed by atoms with van der Waals surface area (Å²) in [6, 6.07) is 0. The first kappa shape index (κ1) is 15.0. The number of halogens is 3. The van der Waals surface area contributed by atoms with E-state index >= 15 is 0 Å². The van der Waals surface area contributed by atoms with Gasteiger partial charge in [-0.15, -0.1) is 0 Å². The molecule has 0 rings (SSSR count). The molecule has 0 heterocycles. The molecule has 1 N–H and O–H groups in total. The van der Waals surface area contributed by atoms with Crippen LogP contribution in [0, 0.1) is 5.92 Å². The second kappa shape index (κ2) is 6.57. The highest BCUT2D eigenvalue weighted by Gasteiger charge is 2.33. The molecule has 0 aliphatic carbocycles. The van der Waals surface area contributed by atoms with Gasteiger partial charge in [-0.25, -0.2) is 4.79 Å². The highest BCUT2D eigenvalue weighted by atomic mass is 19.4. The van der Waals surface area contributed by atoms with Gasteiger partial charge in [0, 0.05) is 6.54 Å². The molecule has 0 saturated carbocycles. The first-order valence-electron chi connectivity index (χ1n) is 4.85. The van der Waals surface area contributed by atoms with Gasteiger partial charge in [0.2, 0.25) is 0 Å². The Bertz CT molecular complexity index is 219. The van der Waals surface area contributed by atoms with E-state index in [1.807, 2.05) is 0 Å². The van der Waals surface area contributed by atoms with Crippen molar-refractivity contribution in [2.24, 2.45) is 5.92 Å². The fourth-order valence-corrected chi connectivity index (χ4v) is 0.901. The molecule has 7 heteroatoms. The lowest BCUT2D eigenvalue weighted by molar-refractivity contribution is -0.143. The van der Waals surface area contributed by atoms with Crippen molar-refractivity contribution in [3.8, 4) is 0 Å². The van der Waals surface area contributed by atoms with E-state index in [-0.39, 0.29) is 12.5 Å². The summed E-state index contributed by atoms with van der Waals surface area (Å²) >= 11 is 0. The molecule has 0 aromatic carbocycles. The number of carbonyl (C=O) groups excluding carboxylic acids is 1. The Morgan fingerprint density at radius 2 is 2.00 bits per heavy atom. The number of aliphatic hydroxyl groups excluding tert-OH is 1. The van der Waals surface area contributed by atoms with Gasteiger partial charge in [0.15, 0.2) is 0 Å². The molecule has 0 atom stereocenters. The van der Waals surface area contributed by atoms with E-state index in [2.05, 4.69) is 4.74 Å². The molecule has 0 radical (unpaired) electrons. The highest BCUT2D eigenvalue weighted by molar-refractivity contribution is 5.67. The molecule has 0 aliphatic heterocycles. The van der Waals surface area contributed by atoms with Gasteiger partial charge in [0.25, 0.3) is 0 Å². The molecular weight excluding hydrogens is 227 g/mol. The third-order valence-electron chi connectivity index (χ3n) is 1.54. The second-order valence-electron chi connectivity index (χ2n) is 3.73. The third kappa shape index (κ3) is 7.33. The summed E-state index contributed by atoms with van der Waals surface area (Å²) in [5, 5.41) is 8.54. The van der Waals surface area contributed by atoms with Gasteiger partial charge in [0.05, 0.1) is 13.2 Å². The molecule has 16 heavy (non-hydrogen) atoms. The van der Waals surface area contributed by atoms with Crippen LogP contribution in [0.2, 0.25) is 0 Å². The van der Waals surface area contributed by atoms with E-state index < -0.39 is 32.0 Å². The van der Waals surface area contributed by atoms with Crippen molar-refractivity contribution in [2.75, 3.05) is 26.3 Å². The molecule has 1 amide bonds. The van der Waals surface area contributed by atoms with Gasteiger partial charge in [-0.1, -0.05) is 13.8 Å². The van der Waals surface area contributed by atoms with Gasteiger partial charge in [-0.3, -0.25) is 4.90 Å². The predicted molar refractivity (Wildman–Crippen MR) is 50.9 cm³/mol. The van der Waals surface area contributed by atoms with E-state index in [4.69, 9.17) is 5.11 Å². The van der Waals surface area contributed by atoms with Gasteiger partial charge in [-0.05, 0) is 5.92 Å². The summed E-state index contributed by atoms with van der Waals surface area (Å²) in [7, 11) is 0. The molecule has 0 bridgehead atoms. The molecule has 0 unspecified atom stereocenters. The molecule has 4 nitrogen and oxygen atoms in total. The zero-order chi connectivity index (χ0) is 12.8. The molecule has 0 saturated heterocycles. The lowest BCUT2D eigenvalue weighted by Crippen LogP contribution is -2.41. The SMILES string of the molecule is CC(C)COC(=O)N(CCO)CC(F)(F)F. The van der Waals surface area contributed by atoms with Gasteiger partial charge in [0.1, 0.15) is 6.54 Å². The topological polar surface area (TPSA) is 49.8 Å². The van der Waals surface area contributed by atoms with E-state index in [0.717, 1.165) is 0 Å². The maximum absolute atomic E-state index is 12.1. The van der Waals surface area contributed by atoms with Crippen LogP contribution in [0.5, 0.6) is 0 Å². The molecule has 0 fully saturated rings. The van der Waals surface area contributed by atoms with Gasteiger partial charge in [-0.2, -0.15) is 13.2 Å². The van der Waals surface area contributed by atoms with Crippen LogP contribution in [0.4, 0.5) is 18.0 Å². The van der Waals surface area contributed by atoms with Crippen LogP contribution in [0.15, 0.2) is 0 Å². The number of nitrogens with zero attached hydrogens (tertiary/aromatic N) is 1. The van der Waals surface area contributed by atoms with Crippen molar-refractivity contribution in [2.45, 2.75) is 20.0 Å². The monoisotopic (exact) mass is 243 g/mol. The Hall–Kier alpha value is -0.980. The number of amides is 1. The van der Waals surface area contributed by atoms with Crippen molar-refractivity contribution >= 4 is 6.09 Å². The smallest absolute Gasteiger partial charge is 0.410 e. The number of alkyl halides is 3. The summed E-state index contributed by atoms with van der Waals surface area (Å²) in [6.45, 7) is 1.26. The number of hydrogen-bond acceptors (Lipinski definition) is 3. The fraction of sp³-hybridized carbons (Fsp3) is 0.889. The number of ether oxygens (including phenoxy) is 1. The highest BCUT2D eigenvalue weighted by Crippen LogP contribution is 2.16. The first-order chi connectivity index (χ1) is 7.26. The molecule has 0 spiro atoms. The number of carbonyl (C=O) groups is 1. The summed E-state index contributed by atoms with van der Waals surface area (Å²) in [4.78, 5) is 11.6. The van der Waals surface area contributed by atoms with E-state index in [9.17, 15) is 18.0 Å². The average Bonchev–Trinajstić information content (AvgIpc) is 2.11. The lowest BCUT2D eigenvalue weighted by Gasteiger charge is -2.22. The summed E-state index contributed by atoms with van der Waals surface area (Å²) in [5.74, 6) is 0.0470. The van der Waals surface area contributed by atoms with Crippen LogP contribution in [0.1, 0.15) is 13.8 Å². The van der Waals surface area contributed by atoms with Crippen LogP contribution in [0.3, 0.4) is 0 Å². The number of aliphatic hydroxyl groups is 1. The van der Waals surface area contributed by atoms with E-state index in [0.29, 0.717) is 4.90 Å². The van der Waals surface area contributed by atoms with Crippen molar-refractivity contribution in [3.63, 3.8) is 0 Å². The predicted octanol–water partition coefficient (Wildman–Crippen LogP) is 1.64. The molecule has 0 aliphatic rings. The lowest BCUT2D eigenvalue weighted by atomic mass is 10.2. The second-order valence-corrected chi connectivity index (χ2v) is 3.73. The van der Waals surface area contributed by atoms with Crippen LogP contribution < -0.4 is 0 Å². The maximum Gasteiger partial charge on any atom is 0.410 e. The van der Waals surface area contributed by atoms with Crippen molar-refractivity contribution in [1.82, 2.24) is 4.90 Å². The Morgan fingerprint density at radius 3 is 2.38 bits per heavy atom. The van der Waals surface area contributed by atoms with Crippen LogP contribution in [-0.4, -0.2) is 48.6 Å². The first-order valence-corrected chi connectivity index (χ1v) is 4.85. The van der Waals surface area contributed by atoms with Crippen molar-refractivity contribution in [1.29, 1.82) is 0 Å². The third-order valence-corrected chi connectivity index (χ3v) is 1.54. The van der Waals surface area contributed by atoms with Crippen LogP contribution >= 0.6 is 0 Å². The minimum absolute atomic E-state index is 0.0470. The minimum atomic E-state index is -4.49. The van der Waals surface area contributed by atoms with Crippen molar-refractivity contribution < 1.29 is 27.8 Å². The average molecular weight is 243 g/mol. The fourth-order valence-electron chi connectivity index (χ4n) is 0.901. The minimum Gasteiger partial charge on any atom is -0.449 e. The Labute approximate surface area is 92.0 Å². The van der Waals surface area contributed by atoms with Crippen molar-refractivity contribution in [3.05, 3.63) is 0 Å². The van der Waals surface area contributed by atoms with E-state index in [1.165, 1.54) is 0 Å². The largest absolute Gasteiger partial charge is 0.449 e. The molecular formula is C9H16F3NO3. The Morgan fingerprint density at radius 1 is 1.44 bits per heavy atom. The normalized spacial score (nSPS) is 11.7. The Kier molecular flexibility index (Phi) is 6.17. The van der Waals surface area contributed by atoms with E-state index in [1.54, 1.807) is 13.8 Å². The molecule has 0 aromatic rings. The van der Waals surface area contributed by atoms with Crippen LogP contribution in [0.25, 0.3) is 0 Å². The van der Waals surface area contributed by atoms with Gasteiger partial charge < -0.3 is 9.84 Å².